The first-order valence-electron chi connectivity index (χ1n) is 11.6. The summed E-state index contributed by atoms with van der Waals surface area (Å²) < 4.78 is 31.6. The lowest BCUT2D eigenvalue weighted by molar-refractivity contribution is -0.134. The van der Waals surface area contributed by atoms with Crippen LogP contribution in [-0.4, -0.2) is 42.9 Å². The van der Waals surface area contributed by atoms with Gasteiger partial charge in [0.2, 0.25) is 15.9 Å². The van der Waals surface area contributed by atoms with Gasteiger partial charge in [-0.2, -0.15) is 9.98 Å². The van der Waals surface area contributed by atoms with Crippen LogP contribution in [-0.2, 0) is 21.4 Å². The number of hydrogen-bond donors (Lipinski definition) is 1. The van der Waals surface area contributed by atoms with E-state index in [4.69, 9.17) is 0 Å². The van der Waals surface area contributed by atoms with Crippen LogP contribution in [0.5, 0.6) is 0 Å². The smallest absolute Gasteiger partial charge is 0.241 e. The normalized spacial score (nSPS) is 15.9. The number of nitrogens with one attached hydrogen (secondary N) is 1. The van der Waals surface area contributed by atoms with Crippen molar-refractivity contribution in [3.05, 3.63) is 66.0 Å². The molecule has 0 spiro atoms. The number of sulfonamides is 1. The van der Waals surface area contributed by atoms with Crippen LogP contribution in [0.4, 0.5) is 0 Å². The van der Waals surface area contributed by atoms with E-state index < -0.39 is 16.1 Å². The first kappa shape index (κ1) is 24.0. The maximum Gasteiger partial charge on any atom is 0.241 e. The Morgan fingerprint density at radius 3 is 2.53 bits per heavy atom. The standard InChI is InChI=1S/C26H30N4O3S/c1-19-11-15-30(16-12-19)26(31)24(13-17-29-14-5-6-21(29)18-27)28-34(32,33)25-10-9-20(2)22-7-3-4-8-23(22)25/h3-10,14,19,24,28H,11-13,15-17H2,1-2H3. The average Bonchev–Trinajstić information content (AvgIpc) is 3.29. The first-order chi connectivity index (χ1) is 16.3. The van der Waals surface area contributed by atoms with Crippen LogP contribution in [0.1, 0.15) is 37.4 Å². The summed E-state index contributed by atoms with van der Waals surface area (Å²) in [5.41, 5.74) is 1.46. The van der Waals surface area contributed by atoms with E-state index in [0.29, 0.717) is 36.6 Å². The van der Waals surface area contributed by atoms with E-state index in [1.165, 1.54) is 0 Å². The maximum absolute atomic E-state index is 13.6. The van der Waals surface area contributed by atoms with Crippen molar-refractivity contribution in [1.29, 1.82) is 5.26 Å². The van der Waals surface area contributed by atoms with E-state index in [0.717, 1.165) is 23.8 Å². The van der Waals surface area contributed by atoms with Gasteiger partial charge in [-0.1, -0.05) is 37.3 Å². The third-order valence-electron chi connectivity index (χ3n) is 6.69. The third kappa shape index (κ3) is 5.01. The number of piperidine rings is 1. The van der Waals surface area contributed by atoms with Gasteiger partial charge in [0, 0.05) is 31.2 Å². The highest BCUT2D eigenvalue weighted by molar-refractivity contribution is 7.89. The number of nitriles is 1. The molecule has 1 atom stereocenters. The fourth-order valence-electron chi connectivity index (χ4n) is 4.57. The van der Waals surface area contributed by atoms with Crippen molar-refractivity contribution in [2.75, 3.05) is 13.1 Å². The van der Waals surface area contributed by atoms with Gasteiger partial charge in [0.15, 0.2) is 0 Å². The quantitative estimate of drug-likeness (QED) is 0.558. The SMILES string of the molecule is Cc1ccc(S(=O)(=O)NC(CCn2cccc2C#N)C(=O)N2CCC(C)CC2)c2ccccc12. The molecule has 1 aliphatic heterocycles. The van der Waals surface area contributed by atoms with E-state index in [1.54, 1.807) is 46.0 Å². The van der Waals surface area contributed by atoms with Gasteiger partial charge >= 0.3 is 0 Å². The third-order valence-corrected chi connectivity index (χ3v) is 8.22. The lowest BCUT2D eigenvalue weighted by atomic mass is 9.98. The number of rotatable bonds is 7. The molecule has 2 heterocycles. The Morgan fingerprint density at radius 1 is 1.12 bits per heavy atom. The Kier molecular flexibility index (Phi) is 7.05. The molecule has 4 rings (SSSR count). The van der Waals surface area contributed by atoms with Crippen LogP contribution < -0.4 is 4.72 Å². The monoisotopic (exact) mass is 478 g/mol. The zero-order valence-corrected chi connectivity index (χ0v) is 20.4. The highest BCUT2D eigenvalue weighted by atomic mass is 32.2. The number of benzene rings is 2. The van der Waals surface area contributed by atoms with E-state index in [2.05, 4.69) is 17.7 Å². The minimum absolute atomic E-state index is 0.164. The molecule has 0 bridgehead atoms. The van der Waals surface area contributed by atoms with Crippen LogP contribution in [0.2, 0.25) is 0 Å². The summed E-state index contributed by atoms with van der Waals surface area (Å²) in [6.07, 6.45) is 3.83. The molecule has 1 aliphatic rings. The molecule has 34 heavy (non-hydrogen) atoms. The molecule has 178 valence electrons. The summed E-state index contributed by atoms with van der Waals surface area (Å²) in [5.74, 6) is 0.341. The van der Waals surface area contributed by atoms with Gasteiger partial charge in [-0.25, -0.2) is 8.42 Å². The predicted molar refractivity (Wildman–Crippen MR) is 132 cm³/mol. The number of aromatic nitrogens is 1. The van der Waals surface area contributed by atoms with Crippen molar-refractivity contribution in [3.8, 4) is 6.07 Å². The number of likely N-dealkylation sites (tertiary alicyclic amines) is 1. The number of carbonyl (C=O) groups excluding carboxylic acids is 1. The molecular weight excluding hydrogens is 448 g/mol. The Bertz CT molecular complexity index is 1330. The average molecular weight is 479 g/mol. The maximum atomic E-state index is 13.6. The lowest BCUT2D eigenvalue weighted by Crippen LogP contribution is -2.50. The predicted octanol–water partition coefficient (Wildman–Crippen LogP) is 3.82. The van der Waals surface area contributed by atoms with Gasteiger partial charge in [0.05, 0.1) is 4.90 Å². The van der Waals surface area contributed by atoms with Crippen molar-refractivity contribution >= 4 is 26.7 Å². The molecule has 8 heteroatoms. The molecule has 1 amide bonds. The highest BCUT2D eigenvalue weighted by Gasteiger charge is 2.31. The number of fused-ring (bicyclic) bond motifs is 1. The Hall–Kier alpha value is -3.15. The van der Waals surface area contributed by atoms with Gasteiger partial charge in [0.25, 0.3) is 0 Å². The Balaban J connectivity index is 1.63. The Labute approximate surface area is 201 Å². The minimum atomic E-state index is -3.98. The van der Waals surface area contributed by atoms with E-state index in [9.17, 15) is 18.5 Å². The second-order valence-electron chi connectivity index (χ2n) is 9.10. The summed E-state index contributed by atoms with van der Waals surface area (Å²) in [6.45, 7) is 5.71. The van der Waals surface area contributed by atoms with Crippen LogP contribution in [0.15, 0.2) is 59.6 Å². The Morgan fingerprint density at radius 2 is 1.82 bits per heavy atom. The second-order valence-corrected chi connectivity index (χ2v) is 10.8. The minimum Gasteiger partial charge on any atom is -0.341 e. The molecule has 1 fully saturated rings. The number of nitrogens with zero attached hydrogens (tertiary/aromatic N) is 3. The summed E-state index contributed by atoms with van der Waals surface area (Å²) >= 11 is 0. The van der Waals surface area contributed by atoms with Gasteiger partial charge in [0.1, 0.15) is 17.8 Å². The largest absolute Gasteiger partial charge is 0.341 e. The van der Waals surface area contributed by atoms with E-state index >= 15 is 0 Å². The molecule has 0 aliphatic carbocycles. The molecule has 1 unspecified atom stereocenters. The fourth-order valence-corrected chi connectivity index (χ4v) is 6.00. The van der Waals surface area contributed by atoms with Crippen molar-refractivity contribution in [3.63, 3.8) is 0 Å². The van der Waals surface area contributed by atoms with Crippen molar-refractivity contribution < 1.29 is 13.2 Å². The van der Waals surface area contributed by atoms with Crippen LogP contribution in [0, 0.1) is 24.2 Å². The lowest BCUT2D eigenvalue weighted by Gasteiger charge is -2.33. The van der Waals surface area contributed by atoms with Gasteiger partial charge < -0.3 is 9.47 Å². The second kappa shape index (κ2) is 10.00. The molecule has 0 saturated carbocycles. The number of carbonyl (C=O) groups is 1. The van der Waals surface area contributed by atoms with Crippen LogP contribution >= 0.6 is 0 Å². The fraction of sp³-hybridized carbons (Fsp3) is 0.385. The first-order valence-corrected chi connectivity index (χ1v) is 13.1. The molecular formula is C26H30N4O3S. The highest BCUT2D eigenvalue weighted by Crippen LogP contribution is 2.26. The number of amides is 1. The summed E-state index contributed by atoms with van der Waals surface area (Å²) in [5, 5.41) is 10.8. The van der Waals surface area contributed by atoms with Crippen LogP contribution in [0.25, 0.3) is 10.8 Å². The van der Waals surface area contributed by atoms with E-state index in [1.807, 2.05) is 25.1 Å². The molecule has 1 aromatic heterocycles. The molecule has 1 saturated heterocycles. The summed E-state index contributed by atoms with van der Waals surface area (Å²) in [6, 6.07) is 15.4. The molecule has 2 aromatic carbocycles. The zero-order valence-electron chi connectivity index (χ0n) is 19.6. The van der Waals surface area contributed by atoms with Crippen LogP contribution in [0.3, 0.4) is 0 Å². The van der Waals surface area contributed by atoms with E-state index in [-0.39, 0.29) is 17.2 Å². The number of hydrogen-bond acceptors (Lipinski definition) is 4. The topological polar surface area (TPSA) is 95.2 Å². The van der Waals surface area contributed by atoms with Crippen molar-refractivity contribution in [1.82, 2.24) is 14.2 Å². The van der Waals surface area contributed by atoms with Gasteiger partial charge in [-0.15, -0.1) is 0 Å². The van der Waals surface area contributed by atoms with Gasteiger partial charge in [-0.05, 0) is 61.3 Å². The van der Waals surface area contributed by atoms with Crippen molar-refractivity contribution in [2.24, 2.45) is 5.92 Å². The zero-order chi connectivity index (χ0) is 24.3. The summed E-state index contributed by atoms with van der Waals surface area (Å²) in [4.78, 5) is 15.4. The molecule has 3 aromatic rings. The molecule has 0 radical (unpaired) electrons. The molecule has 1 N–H and O–H groups in total. The van der Waals surface area contributed by atoms with Crippen molar-refractivity contribution in [2.45, 2.75) is 50.6 Å². The number of aryl methyl sites for hydroxylation is 2. The van der Waals surface area contributed by atoms with Gasteiger partial charge in [-0.3, -0.25) is 4.79 Å². The molecule has 7 nitrogen and oxygen atoms in total. The summed E-state index contributed by atoms with van der Waals surface area (Å²) in [7, 11) is -3.98.